The van der Waals surface area contributed by atoms with E-state index < -0.39 is 0 Å². The van der Waals surface area contributed by atoms with Crippen molar-refractivity contribution in [2.24, 2.45) is 11.7 Å². The summed E-state index contributed by atoms with van der Waals surface area (Å²) in [5.41, 5.74) is 9.67. The minimum atomic E-state index is -0.280. The highest BCUT2D eigenvalue weighted by Gasteiger charge is 2.37. The quantitative estimate of drug-likeness (QED) is 0.309. The number of pyridine rings is 1. The van der Waals surface area contributed by atoms with Gasteiger partial charge >= 0.3 is 0 Å². The molecule has 0 spiro atoms. The van der Waals surface area contributed by atoms with Gasteiger partial charge in [0, 0.05) is 63.0 Å². The summed E-state index contributed by atoms with van der Waals surface area (Å²) >= 11 is 0. The van der Waals surface area contributed by atoms with Crippen LogP contribution in [0.25, 0.3) is 11.1 Å². The van der Waals surface area contributed by atoms with Gasteiger partial charge in [-0.25, -0.2) is 4.98 Å². The van der Waals surface area contributed by atoms with E-state index in [9.17, 15) is 14.9 Å². The van der Waals surface area contributed by atoms with E-state index in [1.165, 1.54) is 0 Å². The zero-order chi connectivity index (χ0) is 28.3. The molecule has 3 aromatic rings. The lowest BCUT2D eigenvalue weighted by atomic mass is 9.90. The van der Waals surface area contributed by atoms with Gasteiger partial charge in [0.05, 0.1) is 4.92 Å². The summed E-state index contributed by atoms with van der Waals surface area (Å²) in [7, 11) is 0. The van der Waals surface area contributed by atoms with Crippen LogP contribution in [0.4, 0.5) is 17.2 Å². The molecule has 2 saturated carbocycles. The minimum absolute atomic E-state index is 0.114. The van der Waals surface area contributed by atoms with Crippen LogP contribution in [0.1, 0.15) is 44.1 Å². The van der Waals surface area contributed by atoms with Gasteiger partial charge in [-0.1, -0.05) is 30.3 Å². The molecule has 0 atom stereocenters. The third-order valence-corrected chi connectivity index (χ3v) is 8.77. The number of piperazine rings is 1. The number of anilines is 2. The van der Waals surface area contributed by atoms with Crippen molar-refractivity contribution in [2.75, 3.05) is 36.0 Å². The Morgan fingerprint density at radius 3 is 2.32 bits per heavy atom. The smallest absolute Gasteiger partial charge is 0.293 e. The lowest BCUT2D eigenvalue weighted by Gasteiger charge is -2.36. The van der Waals surface area contributed by atoms with Gasteiger partial charge in [0.25, 0.3) is 5.69 Å². The van der Waals surface area contributed by atoms with Gasteiger partial charge in [-0.05, 0) is 79.5 Å². The molecule has 3 fully saturated rings. The molecule has 1 aromatic heterocycles. The SMILES string of the molecule is NC1CCC(N(Cc2cccc(-c3ccc(N4CCN(c5ccccn5)CC4)c([N+](=O)[O-])c3)c2)C(=O)C2CC2)CC1. The fraction of sp³-hybridized carbons (Fsp3) is 0.438. The van der Waals surface area contributed by atoms with Crippen LogP contribution >= 0.6 is 0 Å². The maximum atomic E-state index is 13.3. The molecule has 214 valence electrons. The number of nitro benzene ring substituents is 1. The number of nitrogens with two attached hydrogens (primary N) is 1. The number of aromatic nitrogens is 1. The summed E-state index contributed by atoms with van der Waals surface area (Å²) in [6, 6.07) is 20.0. The molecule has 0 bridgehead atoms. The van der Waals surface area contributed by atoms with Crippen molar-refractivity contribution in [3.63, 3.8) is 0 Å². The average molecular weight is 555 g/mol. The minimum Gasteiger partial charge on any atom is -0.362 e. The number of nitrogens with zero attached hydrogens (tertiary/aromatic N) is 5. The van der Waals surface area contributed by atoms with Gasteiger partial charge in [0.15, 0.2) is 0 Å². The van der Waals surface area contributed by atoms with E-state index in [0.29, 0.717) is 25.3 Å². The molecule has 41 heavy (non-hydrogen) atoms. The summed E-state index contributed by atoms with van der Waals surface area (Å²) in [5.74, 6) is 1.36. The van der Waals surface area contributed by atoms with Crippen LogP contribution in [0.3, 0.4) is 0 Å². The first-order valence-corrected chi connectivity index (χ1v) is 14.8. The highest BCUT2D eigenvalue weighted by Crippen LogP contribution is 2.36. The number of carbonyl (C=O) groups is 1. The van der Waals surface area contributed by atoms with Crippen molar-refractivity contribution in [2.45, 2.75) is 57.2 Å². The summed E-state index contributed by atoms with van der Waals surface area (Å²) in [4.78, 5) is 36.0. The molecule has 1 amide bonds. The summed E-state index contributed by atoms with van der Waals surface area (Å²) in [6.45, 7) is 3.43. The molecular weight excluding hydrogens is 516 g/mol. The third-order valence-electron chi connectivity index (χ3n) is 8.77. The topological polar surface area (TPSA) is 109 Å². The highest BCUT2D eigenvalue weighted by atomic mass is 16.6. The summed E-state index contributed by atoms with van der Waals surface area (Å²) in [6.07, 6.45) is 7.55. The second-order valence-electron chi connectivity index (χ2n) is 11.6. The van der Waals surface area contributed by atoms with Crippen molar-refractivity contribution in [1.82, 2.24) is 9.88 Å². The number of rotatable bonds is 8. The molecule has 1 aliphatic heterocycles. The first kappa shape index (κ1) is 27.2. The Bertz CT molecular complexity index is 1380. The van der Waals surface area contributed by atoms with E-state index >= 15 is 0 Å². The zero-order valence-electron chi connectivity index (χ0n) is 23.4. The van der Waals surface area contributed by atoms with Gasteiger partial charge in [-0.3, -0.25) is 14.9 Å². The second kappa shape index (κ2) is 11.9. The van der Waals surface area contributed by atoms with Crippen LogP contribution < -0.4 is 15.5 Å². The number of nitro groups is 1. The molecule has 0 radical (unpaired) electrons. The van der Waals surface area contributed by atoms with Crippen molar-refractivity contribution in [1.29, 1.82) is 0 Å². The number of carbonyl (C=O) groups excluding carboxylic acids is 1. The third kappa shape index (κ3) is 6.20. The molecule has 0 unspecified atom stereocenters. The fourth-order valence-corrected chi connectivity index (χ4v) is 6.24. The zero-order valence-corrected chi connectivity index (χ0v) is 23.4. The van der Waals surface area contributed by atoms with E-state index in [0.717, 1.165) is 74.1 Å². The molecule has 2 aromatic carbocycles. The molecule has 9 heteroatoms. The van der Waals surface area contributed by atoms with E-state index in [4.69, 9.17) is 5.73 Å². The second-order valence-corrected chi connectivity index (χ2v) is 11.6. The lowest BCUT2D eigenvalue weighted by molar-refractivity contribution is -0.384. The first-order valence-electron chi connectivity index (χ1n) is 14.8. The molecule has 6 rings (SSSR count). The van der Waals surface area contributed by atoms with Crippen LogP contribution in [-0.2, 0) is 11.3 Å². The highest BCUT2D eigenvalue weighted by molar-refractivity contribution is 5.81. The Morgan fingerprint density at radius 2 is 1.63 bits per heavy atom. The predicted octanol–water partition coefficient (Wildman–Crippen LogP) is 4.99. The van der Waals surface area contributed by atoms with E-state index in [1.807, 2.05) is 42.5 Å². The number of hydrogen-bond donors (Lipinski definition) is 1. The van der Waals surface area contributed by atoms with Gasteiger partial charge in [0.1, 0.15) is 11.5 Å². The van der Waals surface area contributed by atoms with Crippen molar-refractivity contribution in [3.8, 4) is 11.1 Å². The average Bonchev–Trinajstić information content (AvgIpc) is 3.86. The molecule has 2 aliphatic carbocycles. The molecule has 1 saturated heterocycles. The van der Waals surface area contributed by atoms with Gasteiger partial charge in [0.2, 0.25) is 5.91 Å². The van der Waals surface area contributed by atoms with Gasteiger partial charge in [-0.2, -0.15) is 0 Å². The van der Waals surface area contributed by atoms with Gasteiger partial charge < -0.3 is 20.4 Å². The van der Waals surface area contributed by atoms with Crippen LogP contribution in [0.15, 0.2) is 66.9 Å². The molecule has 9 nitrogen and oxygen atoms in total. The maximum absolute atomic E-state index is 13.3. The normalized spacial score (nSPS) is 21.0. The Labute approximate surface area is 241 Å². The Balaban J connectivity index is 1.20. The van der Waals surface area contributed by atoms with Crippen LogP contribution in [0.5, 0.6) is 0 Å². The molecule has 2 N–H and O–H groups in total. The largest absolute Gasteiger partial charge is 0.362 e. The van der Waals surface area contributed by atoms with Crippen LogP contribution in [-0.4, -0.2) is 59.0 Å². The Kier molecular flexibility index (Phi) is 7.87. The summed E-state index contributed by atoms with van der Waals surface area (Å²) in [5, 5.41) is 12.2. The predicted molar refractivity (Wildman–Crippen MR) is 161 cm³/mol. The van der Waals surface area contributed by atoms with Crippen molar-refractivity contribution >= 4 is 23.1 Å². The lowest BCUT2D eigenvalue weighted by Crippen LogP contribution is -2.47. The van der Waals surface area contributed by atoms with Gasteiger partial charge in [-0.15, -0.1) is 0 Å². The van der Waals surface area contributed by atoms with Crippen molar-refractivity contribution in [3.05, 3.63) is 82.5 Å². The molecule has 3 aliphatic rings. The van der Waals surface area contributed by atoms with E-state index in [2.05, 4.69) is 31.8 Å². The van der Waals surface area contributed by atoms with Crippen LogP contribution in [0, 0.1) is 16.0 Å². The summed E-state index contributed by atoms with van der Waals surface area (Å²) < 4.78 is 0. The standard InChI is InChI=1S/C32H38N6O3/c33-27-10-12-28(13-11-27)37(32(39)24-7-8-24)22-23-4-3-5-25(20-23)26-9-14-29(30(21-26)38(40)41)35-16-18-36(19-17-35)31-6-1-2-15-34-31/h1-6,9,14-15,20-21,24,27-28H,7-8,10-13,16-19,22,33H2. The van der Waals surface area contributed by atoms with E-state index in [1.54, 1.807) is 12.3 Å². The number of amides is 1. The Hall–Kier alpha value is -3.98. The number of hydrogen-bond acceptors (Lipinski definition) is 7. The van der Waals surface area contributed by atoms with E-state index in [-0.39, 0.29) is 34.5 Å². The monoisotopic (exact) mass is 554 g/mol. The molecule has 2 heterocycles. The van der Waals surface area contributed by atoms with Crippen LogP contribution in [0.2, 0.25) is 0 Å². The Morgan fingerprint density at radius 1 is 0.902 bits per heavy atom. The first-order chi connectivity index (χ1) is 20.0. The fourth-order valence-electron chi connectivity index (χ4n) is 6.24. The molecular formula is C32H38N6O3. The van der Waals surface area contributed by atoms with Crippen molar-refractivity contribution < 1.29 is 9.72 Å². The number of benzene rings is 2. The maximum Gasteiger partial charge on any atom is 0.293 e.